The van der Waals surface area contributed by atoms with Gasteiger partial charge in [0.15, 0.2) is 5.13 Å². The van der Waals surface area contributed by atoms with E-state index < -0.39 is 0 Å². The summed E-state index contributed by atoms with van der Waals surface area (Å²) in [7, 11) is 1.55. The quantitative estimate of drug-likeness (QED) is 0.786. The van der Waals surface area contributed by atoms with Gasteiger partial charge < -0.3 is 15.8 Å². The van der Waals surface area contributed by atoms with Crippen molar-refractivity contribution in [3.63, 3.8) is 0 Å². The molecule has 1 amide bonds. The summed E-state index contributed by atoms with van der Waals surface area (Å²) in [5.41, 5.74) is 8.97. The average Bonchev–Trinajstić information content (AvgIpc) is 2.86. The first-order chi connectivity index (χ1) is 11.0. The molecule has 0 aliphatic carbocycles. The number of ether oxygens (including phenoxy) is 1. The zero-order valence-corrected chi connectivity index (χ0v) is 15.8. The summed E-state index contributed by atoms with van der Waals surface area (Å²) in [5.74, 6) is -0.127. The van der Waals surface area contributed by atoms with Crippen LogP contribution in [0.1, 0.15) is 28.1 Å². The van der Waals surface area contributed by atoms with E-state index in [2.05, 4.69) is 41.5 Å². The fourth-order valence-corrected chi connectivity index (χ4v) is 3.19. The first-order valence-corrected chi connectivity index (χ1v) is 8.38. The Morgan fingerprint density at radius 1 is 1.33 bits per heavy atom. The minimum atomic E-state index is -0.261. The highest BCUT2D eigenvalue weighted by Gasteiger charge is 2.14. The number of methoxy groups -OCH3 is 1. The van der Waals surface area contributed by atoms with Crippen LogP contribution in [0.4, 0.5) is 5.13 Å². The first kappa shape index (κ1) is 20.6. The van der Waals surface area contributed by atoms with Crippen molar-refractivity contribution in [2.75, 3.05) is 19.0 Å². The normalized spacial score (nSPS) is 11.7. The van der Waals surface area contributed by atoms with E-state index in [1.54, 1.807) is 7.11 Å². The predicted octanol–water partition coefficient (Wildman–Crippen LogP) is 3.07. The fraction of sp³-hybridized carbons (Fsp3) is 0.412. The van der Waals surface area contributed by atoms with Crippen LogP contribution in [0.2, 0.25) is 0 Å². The molecule has 5 nitrogen and oxygen atoms in total. The largest absolute Gasteiger partial charge is 0.380 e. The molecule has 1 heterocycles. The number of halogens is 1. The number of amides is 1. The molecule has 0 saturated heterocycles. The Morgan fingerprint density at radius 3 is 2.58 bits per heavy atom. The maximum absolute atomic E-state index is 12.0. The number of carbonyl (C=O) groups excluding carboxylic acids is 1. The summed E-state index contributed by atoms with van der Waals surface area (Å²) in [5, 5.41) is 3.46. The number of hydrogen-bond donors (Lipinski definition) is 2. The highest BCUT2D eigenvalue weighted by molar-refractivity contribution is 7.15. The number of aryl methyl sites for hydroxylation is 2. The van der Waals surface area contributed by atoms with Gasteiger partial charge in [-0.2, -0.15) is 0 Å². The molecule has 2 rings (SSSR count). The number of rotatable bonds is 7. The Morgan fingerprint density at radius 2 is 2.00 bits per heavy atom. The number of thiazole rings is 1. The van der Waals surface area contributed by atoms with E-state index >= 15 is 0 Å². The third-order valence-corrected chi connectivity index (χ3v) is 4.71. The maximum atomic E-state index is 12.0. The molecule has 0 fully saturated rings. The molecule has 1 unspecified atom stereocenters. The lowest BCUT2D eigenvalue weighted by molar-refractivity contribution is -0.118. The SMILES string of the molecule is COC(CN)CC(=O)Nc1nc(C)c(Cc2ccc(C)cc2)s1.Cl. The molecule has 1 atom stereocenters. The Bertz CT molecular complexity index is 654. The molecule has 24 heavy (non-hydrogen) atoms. The highest BCUT2D eigenvalue weighted by atomic mass is 35.5. The van der Waals surface area contributed by atoms with Crippen LogP contribution in [-0.2, 0) is 16.0 Å². The molecule has 0 saturated carbocycles. The molecular weight excluding hydrogens is 346 g/mol. The number of nitrogens with two attached hydrogens (primary N) is 1. The molecule has 0 spiro atoms. The van der Waals surface area contributed by atoms with Crippen molar-refractivity contribution in [1.29, 1.82) is 0 Å². The summed E-state index contributed by atoms with van der Waals surface area (Å²) >= 11 is 1.51. The lowest BCUT2D eigenvalue weighted by Gasteiger charge is -2.11. The Kier molecular flexibility index (Phi) is 8.35. The Hall–Kier alpha value is -1.47. The van der Waals surface area contributed by atoms with Crippen LogP contribution in [0.25, 0.3) is 0 Å². The second-order valence-electron chi connectivity index (χ2n) is 5.54. The van der Waals surface area contributed by atoms with Crippen molar-refractivity contribution in [3.8, 4) is 0 Å². The lowest BCUT2D eigenvalue weighted by Crippen LogP contribution is -2.28. The van der Waals surface area contributed by atoms with E-state index in [1.807, 2.05) is 6.92 Å². The summed E-state index contributed by atoms with van der Waals surface area (Å²) < 4.78 is 5.12. The number of nitrogens with one attached hydrogen (secondary N) is 1. The van der Waals surface area contributed by atoms with Crippen LogP contribution < -0.4 is 11.1 Å². The topological polar surface area (TPSA) is 77.2 Å². The van der Waals surface area contributed by atoms with Crippen LogP contribution in [0, 0.1) is 13.8 Å². The third-order valence-electron chi connectivity index (χ3n) is 3.63. The van der Waals surface area contributed by atoms with Crippen LogP contribution in [0.3, 0.4) is 0 Å². The van der Waals surface area contributed by atoms with Crippen molar-refractivity contribution >= 4 is 34.8 Å². The van der Waals surface area contributed by atoms with Crippen molar-refractivity contribution in [1.82, 2.24) is 4.98 Å². The van der Waals surface area contributed by atoms with Crippen LogP contribution in [-0.4, -0.2) is 30.6 Å². The second-order valence-corrected chi connectivity index (χ2v) is 6.62. The predicted molar refractivity (Wildman–Crippen MR) is 101 cm³/mol. The van der Waals surface area contributed by atoms with Gasteiger partial charge in [0.2, 0.25) is 5.91 Å². The summed E-state index contributed by atoms with van der Waals surface area (Å²) in [6.45, 7) is 4.36. The number of nitrogens with zero attached hydrogens (tertiary/aromatic N) is 1. The van der Waals surface area contributed by atoms with Crippen LogP contribution in [0.15, 0.2) is 24.3 Å². The van der Waals surface area contributed by atoms with Gasteiger partial charge in [0, 0.05) is 25.0 Å². The van der Waals surface area contributed by atoms with E-state index in [0.717, 1.165) is 17.0 Å². The van der Waals surface area contributed by atoms with E-state index in [9.17, 15) is 4.79 Å². The fourth-order valence-electron chi connectivity index (χ4n) is 2.18. The number of aromatic nitrogens is 1. The minimum absolute atomic E-state index is 0. The number of hydrogen-bond acceptors (Lipinski definition) is 5. The zero-order chi connectivity index (χ0) is 16.8. The van der Waals surface area contributed by atoms with Gasteiger partial charge in [-0.1, -0.05) is 29.8 Å². The molecule has 132 valence electrons. The van der Waals surface area contributed by atoms with E-state index in [1.165, 1.54) is 22.5 Å². The van der Waals surface area contributed by atoms with Crippen molar-refractivity contribution in [2.45, 2.75) is 32.8 Å². The van der Waals surface area contributed by atoms with Gasteiger partial charge in [0.1, 0.15) is 0 Å². The van der Waals surface area contributed by atoms with Gasteiger partial charge in [-0.25, -0.2) is 4.98 Å². The van der Waals surface area contributed by atoms with E-state index in [-0.39, 0.29) is 30.8 Å². The molecule has 0 bridgehead atoms. The highest BCUT2D eigenvalue weighted by Crippen LogP contribution is 2.25. The van der Waals surface area contributed by atoms with Gasteiger partial charge in [0.05, 0.1) is 18.2 Å². The summed E-state index contributed by atoms with van der Waals surface area (Å²) in [6.07, 6.45) is 0.797. The smallest absolute Gasteiger partial charge is 0.228 e. The minimum Gasteiger partial charge on any atom is -0.380 e. The molecular formula is C17H24ClN3O2S. The average molecular weight is 370 g/mol. The molecule has 1 aromatic carbocycles. The molecule has 2 aromatic rings. The zero-order valence-electron chi connectivity index (χ0n) is 14.2. The van der Waals surface area contributed by atoms with Crippen LogP contribution in [0.5, 0.6) is 0 Å². The van der Waals surface area contributed by atoms with E-state index in [4.69, 9.17) is 10.5 Å². The lowest BCUT2D eigenvalue weighted by atomic mass is 10.1. The molecule has 0 aliphatic heterocycles. The maximum Gasteiger partial charge on any atom is 0.228 e. The number of carbonyl (C=O) groups is 1. The van der Waals surface area contributed by atoms with E-state index in [0.29, 0.717) is 11.7 Å². The Balaban J connectivity index is 0.00000288. The standard InChI is InChI=1S/C17H23N3O2S.ClH/c1-11-4-6-13(7-5-11)8-15-12(2)19-17(23-15)20-16(21)9-14(10-18)22-3;/h4-7,14H,8-10,18H2,1-3H3,(H,19,20,21);1H. The van der Waals surface area contributed by atoms with Gasteiger partial charge in [-0.3, -0.25) is 4.79 Å². The second kappa shape index (κ2) is 9.74. The number of anilines is 1. The molecule has 0 aliphatic rings. The van der Waals surface area contributed by atoms with Gasteiger partial charge >= 0.3 is 0 Å². The summed E-state index contributed by atoms with van der Waals surface area (Å²) in [6, 6.07) is 8.45. The van der Waals surface area contributed by atoms with Gasteiger partial charge in [-0.15, -0.1) is 23.7 Å². The van der Waals surface area contributed by atoms with Crippen LogP contribution >= 0.6 is 23.7 Å². The third kappa shape index (κ3) is 5.87. The summed E-state index contributed by atoms with van der Waals surface area (Å²) in [4.78, 5) is 17.6. The molecule has 1 aromatic heterocycles. The van der Waals surface area contributed by atoms with Gasteiger partial charge in [0.25, 0.3) is 0 Å². The van der Waals surface area contributed by atoms with Crippen molar-refractivity contribution in [3.05, 3.63) is 46.0 Å². The van der Waals surface area contributed by atoms with Crippen molar-refractivity contribution in [2.24, 2.45) is 5.73 Å². The van der Waals surface area contributed by atoms with Gasteiger partial charge in [-0.05, 0) is 19.4 Å². The monoisotopic (exact) mass is 369 g/mol. The molecule has 7 heteroatoms. The number of benzene rings is 1. The Labute approximate surface area is 153 Å². The van der Waals surface area contributed by atoms with Crippen molar-refractivity contribution < 1.29 is 9.53 Å². The molecule has 3 N–H and O–H groups in total. The first-order valence-electron chi connectivity index (χ1n) is 7.56. The molecule has 0 radical (unpaired) electrons.